The van der Waals surface area contributed by atoms with E-state index >= 15 is 0 Å². The number of carbonyl (C=O) groups excluding carboxylic acids is 2. The van der Waals surface area contributed by atoms with Gasteiger partial charge in [0.1, 0.15) is 5.69 Å². The standard InChI is InChI=1S/C20H29BrF3N5O2/c1-19(12-27(2)3,20(22,23)24)7-16(30)28-9-13-5-4-6-14(11-28)29(10-13)18(31)17-15(21)8-25-26-17/h8,13-14H,4-7,9-12H2,1-3H3,(H,25,26). The van der Waals surface area contributed by atoms with Gasteiger partial charge in [-0.3, -0.25) is 14.7 Å². The molecule has 7 nitrogen and oxygen atoms in total. The van der Waals surface area contributed by atoms with Crippen molar-refractivity contribution in [2.75, 3.05) is 40.3 Å². The Balaban J connectivity index is 1.79. The van der Waals surface area contributed by atoms with Crippen molar-refractivity contribution in [3.05, 3.63) is 16.4 Å². The molecule has 2 amide bonds. The summed E-state index contributed by atoms with van der Waals surface area (Å²) in [7, 11) is 3.14. The molecule has 0 spiro atoms. The Kier molecular flexibility index (Phi) is 7.05. The van der Waals surface area contributed by atoms with E-state index in [1.165, 1.54) is 11.1 Å². The molecule has 0 radical (unpaired) electrons. The average molecular weight is 508 g/mol. The van der Waals surface area contributed by atoms with E-state index in [9.17, 15) is 22.8 Å². The summed E-state index contributed by atoms with van der Waals surface area (Å²) in [4.78, 5) is 30.9. The smallest absolute Gasteiger partial charge is 0.340 e. The quantitative estimate of drug-likeness (QED) is 0.664. The van der Waals surface area contributed by atoms with Crippen LogP contribution >= 0.6 is 15.9 Å². The molecule has 1 aromatic heterocycles. The average Bonchev–Trinajstić information content (AvgIpc) is 2.85. The predicted molar refractivity (Wildman–Crippen MR) is 112 cm³/mol. The summed E-state index contributed by atoms with van der Waals surface area (Å²) >= 11 is 3.32. The number of halogens is 4. The summed E-state index contributed by atoms with van der Waals surface area (Å²) in [6.07, 6.45) is -1.12. The number of fused-ring (bicyclic) bond motifs is 3. The summed E-state index contributed by atoms with van der Waals surface area (Å²) in [6, 6.07) is -0.231. The number of carbonyl (C=O) groups is 2. The lowest BCUT2D eigenvalue weighted by atomic mass is 9.84. The van der Waals surface area contributed by atoms with E-state index in [-0.39, 0.29) is 31.0 Å². The molecular formula is C20H29BrF3N5O2. The third-order valence-corrected chi connectivity index (χ3v) is 6.87. The first-order valence-electron chi connectivity index (χ1n) is 10.4. The maximum atomic E-state index is 13.8. The predicted octanol–water partition coefficient (Wildman–Crippen LogP) is 3.15. The molecule has 1 aromatic rings. The highest BCUT2D eigenvalue weighted by Gasteiger charge is 2.53. The lowest BCUT2D eigenvalue weighted by Crippen LogP contribution is -2.49. The molecule has 11 heteroatoms. The van der Waals surface area contributed by atoms with E-state index in [4.69, 9.17) is 0 Å². The SMILES string of the molecule is CN(C)CC(C)(CC(=O)N1CC2CCCC(C1)N(C(=O)c1[nH]ncc1Br)C2)C(F)(F)F. The van der Waals surface area contributed by atoms with E-state index < -0.39 is 23.9 Å². The highest BCUT2D eigenvalue weighted by molar-refractivity contribution is 9.10. The molecule has 174 valence electrons. The molecule has 31 heavy (non-hydrogen) atoms. The van der Waals surface area contributed by atoms with E-state index in [1.807, 2.05) is 0 Å². The Morgan fingerprint density at radius 3 is 2.55 bits per heavy atom. The Hall–Kier alpha value is -1.62. The van der Waals surface area contributed by atoms with Crippen LogP contribution in [0.3, 0.4) is 0 Å². The fourth-order valence-electron chi connectivity index (χ4n) is 4.70. The van der Waals surface area contributed by atoms with Gasteiger partial charge in [0.2, 0.25) is 5.91 Å². The van der Waals surface area contributed by atoms with Crippen LogP contribution in [0.2, 0.25) is 0 Å². The molecule has 1 N–H and O–H groups in total. The molecule has 3 rings (SSSR count). The molecule has 3 unspecified atom stereocenters. The van der Waals surface area contributed by atoms with Gasteiger partial charge in [0.05, 0.1) is 16.1 Å². The topological polar surface area (TPSA) is 72.5 Å². The van der Waals surface area contributed by atoms with Crippen molar-refractivity contribution in [2.45, 2.75) is 44.8 Å². The highest BCUT2D eigenvalue weighted by atomic mass is 79.9. The normalized spacial score (nSPS) is 24.1. The van der Waals surface area contributed by atoms with Gasteiger partial charge >= 0.3 is 6.18 Å². The maximum Gasteiger partial charge on any atom is 0.395 e. The minimum absolute atomic E-state index is 0.0353. The number of H-pyrrole nitrogens is 1. The van der Waals surface area contributed by atoms with Crippen molar-refractivity contribution in [1.82, 2.24) is 24.9 Å². The molecule has 2 aliphatic rings. The highest BCUT2D eigenvalue weighted by Crippen LogP contribution is 2.42. The molecule has 3 heterocycles. The van der Waals surface area contributed by atoms with Crippen LogP contribution < -0.4 is 0 Å². The van der Waals surface area contributed by atoms with E-state index in [0.717, 1.165) is 19.8 Å². The third-order valence-electron chi connectivity index (χ3n) is 6.27. The fraction of sp³-hybridized carbons (Fsp3) is 0.750. The van der Waals surface area contributed by atoms with Crippen LogP contribution in [0.4, 0.5) is 13.2 Å². The molecule has 0 aliphatic carbocycles. The number of amides is 2. The second-order valence-electron chi connectivity index (χ2n) is 9.27. The minimum atomic E-state index is -4.50. The number of alkyl halides is 3. The second-order valence-corrected chi connectivity index (χ2v) is 10.1. The van der Waals surface area contributed by atoms with E-state index in [1.54, 1.807) is 23.9 Å². The fourth-order valence-corrected chi connectivity index (χ4v) is 5.06. The van der Waals surface area contributed by atoms with Crippen LogP contribution in [0.1, 0.15) is 43.1 Å². The first-order valence-corrected chi connectivity index (χ1v) is 11.2. The zero-order chi connectivity index (χ0) is 23.0. The van der Waals surface area contributed by atoms with Gasteiger partial charge in [0.25, 0.3) is 5.91 Å². The van der Waals surface area contributed by atoms with Crippen LogP contribution in [0.25, 0.3) is 0 Å². The van der Waals surface area contributed by atoms with Crippen molar-refractivity contribution in [3.8, 4) is 0 Å². The van der Waals surface area contributed by atoms with Crippen LogP contribution in [0, 0.1) is 11.3 Å². The molecule has 2 fully saturated rings. The van der Waals surface area contributed by atoms with Crippen LogP contribution in [0.15, 0.2) is 10.7 Å². The second kappa shape index (κ2) is 9.09. The molecule has 3 atom stereocenters. The van der Waals surface area contributed by atoms with Crippen LogP contribution in [0.5, 0.6) is 0 Å². The maximum absolute atomic E-state index is 13.8. The zero-order valence-corrected chi connectivity index (χ0v) is 19.6. The summed E-state index contributed by atoms with van der Waals surface area (Å²) in [6.45, 7) is 1.95. The van der Waals surface area contributed by atoms with Crippen molar-refractivity contribution < 1.29 is 22.8 Å². The molecule has 2 bridgehead atoms. The molecule has 2 aliphatic heterocycles. The van der Waals surface area contributed by atoms with Crippen molar-refractivity contribution >= 4 is 27.7 Å². The largest absolute Gasteiger partial charge is 0.395 e. The lowest BCUT2D eigenvalue weighted by molar-refractivity contribution is -0.225. The monoisotopic (exact) mass is 507 g/mol. The number of hydrogen-bond donors (Lipinski definition) is 1. The van der Waals surface area contributed by atoms with E-state index in [2.05, 4.69) is 26.1 Å². The Bertz CT molecular complexity index is 815. The molecule has 0 aromatic carbocycles. The lowest BCUT2D eigenvalue weighted by Gasteiger charge is -2.37. The summed E-state index contributed by atoms with van der Waals surface area (Å²) in [5.74, 6) is -0.674. The Morgan fingerprint density at radius 2 is 1.97 bits per heavy atom. The Morgan fingerprint density at radius 1 is 1.26 bits per heavy atom. The third kappa shape index (κ3) is 5.24. The summed E-state index contributed by atoms with van der Waals surface area (Å²) in [5.41, 5.74) is -1.79. The van der Waals surface area contributed by atoms with Crippen LogP contribution in [-0.2, 0) is 4.79 Å². The van der Waals surface area contributed by atoms with Crippen LogP contribution in [-0.4, -0.2) is 89.2 Å². The van der Waals surface area contributed by atoms with Gasteiger partial charge in [-0.05, 0) is 55.7 Å². The molecule has 0 saturated carbocycles. The minimum Gasteiger partial charge on any atom is -0.340 e. The summed E-state index contributed by atoms with van der Waals surface area (Å²) < 4.78 is 42.0. The van der Waals surface area contributed by atoms with Gasteiger partial charge in [-0.1, -0.05) is 6.42 Å². The molecular weight excluding hydrogens is 479 g/mol. The first kappa shape index (κ1) is 24.0. The number of nitrogens with one attached hydrogen (secondary N) is 1. The van der Waals surface area contributed by atoms with Gasteiger partial charge in [-0.2, -0.15) is 18.3 Å². The number of aromatic nitrogens is 2. The van der Waals surface area contributed by atoms with Gasteiger partial charge in [0, 0.05) is 38.6 Å². The number of rotatable bonds is 5. The van der Waals surface area contributed by atoms with Gasteiger partial charge < -0.3 is 14.7 Å². The van der Waals surface area contributed by atoms with Gasteiger partial charge in [0.15, 0.2) is 0 Å². The van der Waals surface area contributed by atoms with Gasteiger partial charge in [-0.25, -0.2) is 0 Å². The Labute approximate surface area is 188 Å². The van der Waals surface area contributed by atoms with Crippen molar-refractivity contribution in [1.29, 1.82) is 0 Å². The number of likely N-dealkylation sites (tertiary alicyclic amines) is 1. The number of aromatic amines is 1. The number of nitrogens with zero attached hydrogens (tertiary/aromatic N) is 4. The van der Waals surface area contributed by atoms with Crippen molar-refractivity contribution in [3.63, 3.8) is 0 Å². The molecule has 2 saturated heterocycles. The first-order chi connectivity index (χ1) is 14.4. The number of hydrogen-bond acceptors (Lipinski definition) is 4. The zero-order valence-electron chi connectivity index (χ0n) is 18.0. The summed E-state index contributed by atoms with van der Waals surface area (Å²) in [5, 5.41) is 6.59. The van der Waals surface area contributed by atoms with Gasteiger partial charge in [-0.15, -0.1) is 0 Å². The van der Waals surface area contributed by atoms with E-state index in [0.29, 0.717) is 29.7 Å². The van der Waals surface area contributed by atoms with Crippen molar-refractivity contribution in [2.24, 2.45) is 11.3 Å².